The average molecular weight is 483 g/mol. The monoisotopic (exact) mass is 482 g/mol. The van der Waals surface area contributed by atoms with Gasteiger partial charge >= 0.3 is 12.1 Å². The number of hydrogen-bond acceptors (Lipinski definition) is 6. The van der Waals surface area contributed by atoms with Gasteiger partial charge in [0, 0.05) is 12.6 Å². The highest BCUT2D eigenvalue weighted by atomic mass is 32.2. The standard InChI is InChI=1S/C24H38N2O6S/c1-22(2,3)31-20(27)19(26-21(28)32-23(4,5)6)14-16-25-33(29,30)17-15-24(7,8)18-12-10-9-11-13-18/h9-13,16,19H,14-15,17H2,1-8H3,(H,26,28)/t19-/m0/s1. The molecule has 0 radical (unpaired) electrons. The third-order valence-electron chi connectivity index (χ3n) is 4.50. The molecule has 0 saturated carbocycles. The minimum atomic E-state index is -3.76. The first-order chi connectivity index (χ1) is 14.9. The quantitative estimate of drug-likeness (QED) is 0.413. The number of sulfonamides is 1. The van der Waals surface area contributed by atoms with E-state index in [9.17, 15) is 18.0 Å². The highest BCUT2D eigenvalue weighted by Gasteiger charge is 2.28. The second-order valence-corrected chi connectivity index (χ2v) is 12.3. The van der Waals surface area contributed by atoms with Crippen molar-refractivity contribution in [3.63, 3.8) is 0 Å². The molecule has 0 saturated heterocycles. The van der Waals surface area contributed by atoms with Gasteiger partial charge in [-0.1, -0.05) is 44.2 Å². The topological polar surface area (TPSA) is 111 Å². The number of esters is 1. The maximum Gasteiger partial charge on any atom is 0.408 e. The highest BCUT2D eigenvalue weighted by Crippen LogP contribution is 2.27. The normalized spacial score (nSPS) is 14.1. The largest absolute Gasteiger partial charge is 0.458 e. The van der Waals surface area contributed by atoms with Crippen LogP contribution < -0.4 is 5.32 Å². The number of alkyl carbamates (subject to hydrolysis) is 1. The molecular weight excluding hydrogens is 444 g/mol. The molecule has 1 aromatic carbocycles. The molecule has 0 aliphatic carbocycles. The van der Waals surface area contributed by atoms with Crippen LogP contribution in [0.4, 0.5) is 4.79 Å². The van der Waals surface area contributed by atoms with Crippen LogP contribution in [-0.4, -0.2) is 49.7 Å². The summed E-state index contributed by atoms with van der Waals surface area (Å²) in [6.07, 6.45) is 0.536. The van der Waals surface area contributed by atoms with Crippen LogP contribution >= 0.6 is 0 Å². The molecule has 1 atom stereocenters. The van der Waals surface area contributed by atoms with Crippen molar-refractivity contribution in [2.75, 3.05) is 5.75 Å². The fraction of sp³-hybridized carbons (Fsp3) is 0.625. The van der Waals surface area contributed by atoms with Gasteiger partial charge in [0.2, 0.25) is 0 Å². The van der Waals surface area contributed by atoms with Gasteiger partial charge in [-0.2, -0.15) is 4.40 Å². The van der Waals surface area contributed by atoms with Gasteiger partial charge in [-0.25, -0.2) is 18.0 Å². The van der Waals surface area contributed by atoms with Crippen molar-refractivity contribution in [3.8, 4) is 0 Å². The Morgan fingerprint density at radius 1 is 0.970 bits per heavy atom. The van der Waals surface area contributed by atoms with Gasteiger partial charge in [0.15, 0.2) is 0 Å². The van der Waals surface area contributed by atoms with E-state index in [2.05, 4.69) is 9.71 Å². The first-order valence-electron chi connectivity index (χ1n) is 10.9. The number of benzene rings is 1. The third-order valence-corrected chi connectivity index (χ3v) is 5.69. The summed E-state index contributed by atoms with van der Waals surface area (Å²) in [6, 6.07) is 8.52. The van der Waals surface area contributed by atoms with Crippen molar-refractivity contribution in [1.29, 1.82) is 0 Å². The van der Waals surface area contributed by atoms with Gasteiger partial charge in [-0.3, -0.25) is 0 Å². The predicted molar refractivity (Wildman–Crippen MR) is 130 cm³/mol. The zero-order chi connectivity index (χ0) is 25.5. The molecule has 0 aromatic heterocycles. The number of ether oxygens (including phenoxy) is 2. The number of carbonyl (C=O) groups is 2. The van der Waals surface area contributed by atoms with Crippen molar-refractivity contribution < 1.29 is 27.5 Å². The maximum absolute atomic E-state index is 12.5. The summed E-state index contributed by atoms with van der Waals surface area (Å²) in [4.78, 5) is 24.7. The Morgan fingerprint density at radius 3 is 2.03 bits per heavy atom. The van der Waals surface area contributed by atoms with Crippen molar-refractivity contribution in [3.05, 3.63) is 35.9 Å². The lowest BCUT2D eigenvalue weighted by atomic mass is 9.82. The molecule has 186 valence electrons. The molecule has 1 amide bonds. The summed E-state index contributed by atoms with van der Waals surface area (Å²) < 4.78 is 39.2. The fourth-order valence-electron chi connectivity index (χ4n) is 2.77. The first-order valence-corrected chi connectivity index (χ1v) is 12.6. The van der Waals surface area contributed by atoms with E-state index >= 15 is 0 Å². The molecule has 0 aliphatic heterocycles. The van der Waals surface area contributed by atoms with Gasteiger partial charge in [0.25, 0.3) is 10.0 Å². The van der Waals surface area contributed by atoms with E-state index in [-0.39, 0.29) is 17.6 Å². The summed E-state index contributed by atoms with van der Waals surface area (Å²) in [6.45, 7) is 14.1. The zero-order valence-corrected chi connectivity index (χ0v) is 21.8. The summed E-state index contributed by atoms with van der Waals surface area (Å²) in [5, 5.41) is 2.44. The number of nitrogens with zero attached hydrogens (tertiary/aromatic N) is 1. The van der Waals surface area contributed by atoms with Crippen molar-refractivity contribution in [2.24, 2.45) is 4.40 Å². The molecule has 0 heterocycles. The predicted octanol–water partition coefficient (Wildman–Crippen LogP) is 4.38. The minimum Gasteiger partial charge on any atom is -0.458 e. The smallest absolute Gasteiger partial charge is 0.408 e. The van der Waals surface area contributed by atoms with E-state index in [1.54, 1.807) is 41.5 Å². The lowest BCUT2D eigenvalue weighted by Gasteiger charge is -2.25. The van der Waals surface area contributed by atoms with Crippen LogP contribution in [-0.2, 0) is 29.7 Å². The van der Waals surface area contributed by atoms with Crippen LogP contribution in [0.5, 0.6) is 0 Å². The van der Waals surface area contributed by atoms with Crippen LogP contribution in [0, 0.1) is 0 Å². The fourth-order valence-corrected chi connectivity index (χ4v) is 3.96. The zero-order valence-electron chi connectivity index (χ0n) is 21.0. The Morgan fingerprint density at radius 2 is 1.52 bits per heavy atom. The van der Waals surface area contributed by atoms with Crippen molar-refractivity contribution in [1.82, 2.24) is 5.32 Å². The molecule has 0 spiro atoms. The number of carbonyl (C=O) groups excluding carboxylic acids is 2. The number of hydrogen-bond donors (Lipinski definition) is 1. The summed E-state index contributed by atoms with van der Waals surface area (Å²) in [7, 11) is -3.76. The first kappa shape index (κ1) is 28.6. The average Bonchev–Trinajstić information content (AvgIpc) is 2.63. The minimum absolute atomic E-state index is 0.151. The number of rotatable bonds is 9. The van der Waals surface area contributed by atoms with Crippen LogP contribution in [0.25, 0.3) is 0 Å². The molecular formula is C24H38N2O6S. The van der Waals surface area contributed by atoms with Crippen LogP contribution in [0.3, 0.4) is 0 Å². The molecule has 9 heteroatoms. The summed E-state index contributed by atoms with van der Waals surface area (Å²) in [5.41, 5.74) is -0.847. The second kappa shape index (κ2) is 11.1. The number of nitrogens with one attached hydrogen (secondary N) is 1. The summed E-state index contributed by atoms with van der Waals surface area (Å²) in [5.74, 6) is -0.857. The van der Waals surface area contributed by atoms with Gasteiger partial charge in [0.1, 0.15) is 17.2 Å². The van der Waals surface area contributed by atoms with E-state index in [0.717, 1.165) is 11.8 Å². The molecule has 1 aromatic rings. The van der Waals surface area contributed by atoms with Crippen LogP contribution in [0.15, 0.2) is 34.7 Å². The van der Waals surface area contributed by atoms with E-state index in [4.69, 9.17) is 9.47 Å². The highest BCUT2D eigenvalue weighted by molar-refractivity contribution is 7.90. The lowest BCUT2D eigenvalue weighted by molar-refractivity contribution is -0.157. The third kappa shape index (κ3) is 11.8. The molecule has 1 N–H and O–H groups in total. The van der Waals surface area contributed by atoms with Gasteiger partial charge < -0.3 is 14.8 Å². The van der Waals surface area contributed by atoms with Crippen molar-refractivity contribution in [2.45, 2.75) is 90.9 Å². The van der Waals surface area contributed by atoms with E-state index < -0.39 is 39.3 Å². The maximum atomic E-state index is 12.5. The second-order valence-electron chi connectivity index (χ2n) is 10.5. The Labute approximate surface area is 198 Å². The van der Waals surface area contributed by atoms with Gasteiger partial charge in [-0.15, -0.1) is 0 Å². The van der Waals surface area contributed by atoms with E-state index in [0.29, 0.717) is 6.42 Å². The van der Waals surface area contributed by atoms with E-state index in [1.807, 2.05) is 44.2 Å². The molecule has 8 nitrogen and oxygen atoms in total. The van der Waals surface area contributed by atoms with E-state index in [1.165, 1.54) is 0 Å². The van der Waals surface area contributed by atoms with Gasteiger partial charge in [-0.05, 0) is 58.9 Å². The van der Waals surface area contributed by atoms with Crippen molar-refractivity contribution >= 4 is 28.3 Å². The molecule has 1 rings (SSSR count). The molecule has 0 aliphatic rings. The SMILES string of the molecule is CC(C)(C)OC(=O)N[C@@H](CC=NS(=O)(=O)CCC(C)(C)c1ccccc1)C(=O)OC(C)(C)C. The molecule has 0 bridgehead atoms. The Hall–Kier alpha value is -2.42. The molecule has 0 fully saturated rings. The van der Waals surface area contributed by atoms with Crippen LogP contribution in [0.1, 0.15) is 73.8 Å². The summed E-state index contributed by atoms with van der Waals surface area (Å²) >= 11 is 0. The Bertz CT molecular complexity index is 926. The number of amides is 1. The Balaban J connectivity index is 2.84. The molecule has 0 unspecified atom stereocenters. The lowest BCUT2D eigenvalue weighted by Crippen LogP contribution is -2.46. The Kier molecular flexibility index (Phi) is 9.66. The van der Waals surface area contributed by atoms with Crippen LogP contribution in [0.2, 0.25) is 0 Å². The molecule has 33 heavy (non-hydrogen) atoms. The van der Waals surface area contributed by atoms with Gasteiger partial charge in [0.05, 0.1) is 5.75 Å².